The van der Waals surface area contributed by atoms with Crippen molar-refractivity contribution in [2.24, 2.45) is 0 Å². The van der Waals surface area contributed by atoms with Crippen molar-refractivity contribution in [2.75, 3.05) is 6.54 Å². The van der Waals surface area contributed by atoms with Crippen molar-refractivity contribution < 1.29 is 14.0 Å². The molecule has 0 saturated carbocycles. The van der Waals surface area contributed by atoms with Crippen LogP contribution >= 0.6 is 0 Å². The van der Waals surface area contributed by atoms with Crippen LogP contribution in [-0.2, 0) is 13.1 Å². The molecule has 4 aromatic rings. The molecular formula is C28H28N4O3. The molecule has 0 aliphatic carbocycles. The van der Waals surface area contributed by atoms with Crippen LogP contribution in [0.3, 0.4) is 0 Å². The molecule has 0 saturated heterocycles. The predicted molar refractivity (Wildman–Crippen MR) is 136 cm³/mol. The van der Waals surface area contributed by atoms with Gasteiger partial charge >= 0.3 is 6.03 Å². The van der Waals surface area contributed by atoms with Crippen molar-refractivity contribution in [3.63, 3.8) is 0 Å². The summed E-state index contributed by atoms with van der Waals surface area (Å²) in [6, 6.07) is 19.6. The Morgan fingerprint density at radius 3 is 2.60 bits per heavy atom. The maximum absolute atomic E-state index is 12.7. The average Bonchev–Trinajstić information content (AvgIpc) is 3.48. The summed E-state index contributed by atoms with van der Waals surface area (Å²) in [5.41, 5.74) is 5.57. The van der Waals surface area contributed by atoms with Crippen molar-refractivity contribution in [3.8, 4) is 22.6 Å². The molecule has 0 spiro atoms. The molecule has 5 rings (SSSR count). The lowest BCUT2D eigenvalue weighted by Gasteiger charge is -2.18. The Hall–Kier alpha value is -4.13. The summed E-state index contributed by atoms with van der Waals surface area (Å²) in [4.78, 5) is 31.9. The minimum atomic E-state index is -0.227. The molecule has 178 valence electrons. The number of rotatable bonds is 5. The monoisotopic (exact) mass is 468 g/mol. The number of nitrogens with one attached hydrogen (secondary N) is 2. The molecule has 1 aliphatic heterocycles. The zero-order valence-corrected chi connectivity index (χ0v) is 20.1. The quantitative estimate of drug-likeness (QED) is 0.414. The number of aromatic nitrogens is 1. The van der Waals surface area contributed by atoms with E-state index >= 15 is 0 Å². The Morgan fingerprint density at radius 1 is 1.03 bits per heavy atom. The van der Waals surface area contributed by atoms with Gasteiger partial charge in [-0.2, -0.15) is 0 Å². The molecule has 1 aliphatic rings. The number of benzene rings is 2. The Kier molecular flexibility index (Phi) is 5.99. The van der Waals surface area contributed by atoms with Gasteiger partial charge in [-0.25, -0.2) is 9.78 Å². The highest BCUT2D eigenvalue weighted by Crippen LogP contribution is 2.35. The number of hydrogen-bond acceptors (Lipinski definition) is 4. The summed E-state index contributed by atoms with van der Waals surface area (Å²) in [6.45, 7) is 7.12. The smallest absolute Gasteiger partial charge is 0.318 e. The molecule has 0 atom stereocenters. The average molecular weight is 469 g/mol. The molecule has 0 bridgehead atoms. The lowest BCUT2D eigenvalue weighted by Crippen LogP contribution is -2.40. The molecule has 2 N–H and O–H groups in total. The maximum Gasteiger partial charge on any atom is 0.318 e. The number of carbonyl (C=O) groups excluding carboxylic acids is 2. The summed E-state index contributed by atoms with van der Waals surface area (Å²) in [6.07, 6.45) is 0. The van der Waals surface area contributed by atoms with Gasteiger partial charge in [0.2, 0.25) is 0 Å². The first-order valence-corrected chi connectivity index (χ1v) is 11.9. The van der Waals surface area contributed by atoms with Crippen LogP contribution in [0.25, 0.3) is 33.6 Å². The minimum Gasteiger partial charge on any atom is -0.456 e. The number of fused-ring (bicyclic) bond motifs is 2. The third-order valence-electron chi connectivity index (χ3n) is 6.04. The number of furan rings is 1. The van der Waals surface area contributed by atoms with E-state index in [0.717, 1.165) is 39.0 Å². The summed E-state index contributed by atoms with van der Waals surface area (Å²) < 4.78 is 6.07. The molecule has 0 radical (unpaired) electrons. The number of amides is 3. The minimum absolute atomic E-state index is 0.0372. The number of hydrogen-bond donors (Lipinski definition) is 2. The van der Waals surface area contributed by atoms with Crippen LogP contribution in [0.15, 0.2) is 65.1 Å². The number of para-hydroxylation sites is 1. The van der Waals surface area contributed by atoms with Gasteiger partial charge in [-0.3, -0.25) is 4.79 Å². The van der Waals surface area contributed by atoms with Crippen LogP contribution < -0.4 is 10.6 Å². The van der Waals surface area contributed by atoms with Crippen LogP contribution in [-0.4, -0.2) is 34.4 Å². The van der Waals surface area contributed by atoms with E-state index in [0.29, 0.717) is 31.0 Å². The lowest BCUT2D eigenvalue weighted by atomic mass is 9.99. The van der Waals surface area contributed by atoms with E-state index in [2.05, 4.69) is 10.6 Å². The normalized spacial score (nSPS) is 12.7. The van der Waals surface area contributed by atoms with Gasteiger partial charge in [-0.1, -0.05) is 36.4 Å². The molecule has 35 heavy (non-hydrogen) atoms. The third-order valence-corrected chi connectivity index (χ3v) is 6.04. The van der Waals surface area contributed by atoms with Crippen LogP contribution in [0.1, 0.15) is 42.4 Å². The SMILES string of the molecule is CCNC(=O)c1cc2c(c(-c3cccc(-c4cc5ccccc5o4)c3)n1)CN(C(=O)NC(C)C)C2. The fraction of sp³-hybridized carbons (Fsp3) is 0.250. The molecular weight excluding hydrogens is 440 g/mol. The third kappa shape index (κ3) is 4.49. The van der Waals surface area contributed by atoms with E-state index in [-0.39, 0.29) is 18.0 Å². The zero-order valence-electron chi connectivity index (χ0n) is 20.1. The van der Waals surface area contributed by atoms with Crippen LogP contribution in [0.5, 0.6) is 0 Å². The second-order valence-corrected chi connectivity index (χ2v) is 9.04. The topological polar surface area (TPSA) is 87.5 Å². The highest BCUT2D eigenvalue weighted by atomic mass is 16.3. The Balaban J connectivity index is 1.57. The standard InChI is InChI=1S/C28H28N4O3/c1-4-29-27(33)23-13-21-15-32(28(34)30-17(2)3)16-22(21)26(31-23)20-10-7-9-18(12-20)25-14-19-8-5-6-11-24(19)35-25/h5-14,17H,4,15-16H2,1-3H3,(H,29,33)(H,30,34). The Labute approximate surface area is 204 Å². The predicted octanol–water partition coefficient (Wildman–Crippen LogP) is 5.35. The summed E-state index contributed by atoms with van der Waals surface area (Å²) in [5.74, 6) is 0.539. The largest absolute Gasteiger partial charge is 0.456 e. The van der Waals surface area contributed by atoms with E-state index in [4.69, 9.17) is 9.40 Å². The van der Waals surface area contributed by atoms with Crippen molar-refractivity contribution in [2.45, 2.75) is 39.9 Å². The van der Waals surface area contributed by atoms with Crippen LogP contribution in [0, 0.1) is 0 Å². The maximum atomic E-state index is 12.7. The first-order chi connectivity index (χ1) is 16.9. The second-order valence-electron chi connectivity index (χ2n) is 9.04. The summed E-state index contributed by atoms with van der Waals surface area (Å²) >= 11 is 0. The van der Waals surface area contributed by atoms with Crippen LogP contribution in [0.2, 0.25) is 0 Å². The number of nitrogens with zero attached hydrogens (tertiary/aromatic N) is 2. The first kappa shape index (κ1) is 22.7. The first-order valence-electron chi connectivity index (χ1n) is 11.9. The van der Waals surface area contributed by atoms with E-state index in [1.807, 2.05) is 75.4 Å². The van der Waals surface area contributed by atoms with Gasteiger partial charge in [0.15, 0.2) is 0 Å². The number of pyridine rings is 1. The van der Waals surface area contributed by atoms with Crippen molar-refractivity contribution in [1.82, 2.24) is 20.5 Å². The fourth-order valence-corrected chi connectivity index (χ4v) is 4.43. The molecule has 7 heteroatoms. The van der Waals surface area contributed by atoms with Crippen molar-refractivity contribution in [3.05, 3.63) is 77.5 Å². The van der Waals surface area contributed by atoms with E-state index in [1.54, 1.807) is 11.0 Å². The van der Waals surface area contributed by atoms with Gasteiger partial charge in [-0.05, 0) is 50.6 Å². The Bertz CT molecular complexity index is 1390. The van der Waals surface area contributed by atoms with Crippen molar-refractivity contribution in [1.29, 1.82) is 0 Å². The number of urea groups is 1. The van der Waals surface area contributed by atoms with Crippen molar-refractivity contribution >= 4 is 22.9 Å². The summed E-state index contributed by atoms with van der Waals surface area (Å²) in [7, 11) is 0. The van der Waals surface area contributed by atoms with Gasteiger partial charge in [0.1, 0.15) is 17.0 Å². The van der Waals surface area contributed by atoms with Gasteiger partial charge in [0.25, 0.3) is 5.91 Å². The number of carbonyl (C=O) groups is 2. The van der Waals surface area contributed by atoms with Crippen LogP contribution in [0.4, 0.5) is 4.79 Å². The van der Waals surface area contributed by atoms with E-state index in [9.17, 15) is 9.59 Å². The Morgan fingerprint density at radius 2 is 1.83 bits per heavy atom. The zero-order chi connectivity index (χ0) is 24.5. The second kappa shape index (κ2) is 9.25. The molecule has 0 unspecified atom stereocenters. The fourth-order valence-electron chi connectivity index (χ4n) is 4.43. The van der Waals surface area contributed by atoms with Gasteiger partial charge in [-0.15, -0.1) is 0 Å². The molecule has 0 fully saturated rings. The molecule has 3 amide bonds. The van der Waals surface area contributed by atoms with Gasteiger partial charge in [0.05, 0.1) is 12.2 Å². The lowest BCUT2D eigenvalue weighted by molar-refractivity contribution is 0.0951. The van der Waals surface area contributed by atoms with Gasteiger partial charge in [0, 0.05) is 41.2 Å². The van der Waals surface area contributed by atoms with Gasteiger partial charge < -0.3 is 20.0 Å². The molecule has 7 nitrogen and oxygen atoms in total. The molecule has 2 aromatic heterocycles. The van der Waals surface area contributed by atoms with E-state index in [1.165, 1.54) is 0 Å². The molecule has 2 aromatic carbocycles. The van der Waals surface area contributed by atoms with E-state index < -0.39 is 0 Å². The highest BCUT2D eigenvalue weighted by Gasteiger charge is 2.29. The molecule has 3 heterocycles. The highest BCUT2D eigenvalue weighted by molar-refractivity contribution is 5.93. The summed E-state index contributed by atoms with van der Waals surface area (Å²) in [5, 5.41) is 6.83.